The van der Waals surface area contributed by atoms with Gasteiger partial charge >= 0.3 is 5.97 Å². The third kappa shape index (κ3) is 1.88. The van der Waals surface area contributed by atoms with Crippen LogP contribution in [0.2, 0.25) is 0 Å². The molecule has 2 aliphatic heterocycles. The maximum atomic E-state index is 10.8. The highest BCUT2D eigenvalue weighted by molar-refractivity contribution is 5.84. The first-order valence-corrected chi connectivity index (χ1v) is 6.49. The van der Waals surface area contributed by atoms with Crippen molar-refractivity contribution < 1.29 is 14.3 Å². The lowest BCUT2D eigenvalue weighted by atomic mass is 10.1. The van der Waals surface area contributed by atoms with Crippen molar-refractivity contribution in [3.8, 4) is 0 Å². The van der Waals surface area contributed by atoms with E-state index in [4.69, 9.17) is 9.52 Å². The molecule has 3 heterocycles. The number of piperazine rings is 1. The molecule has 0 saturated carbocycles. The van der Waals surface area contributed by atoms with E-state index < -0.39 is 5.97 Å². The van der Waals surface area contributed by atoms with E-state index in [0.717, 1.165) is 13.1 Å². The minimum absolute atomic E-state index is 0.0195. The number of nitrogens with zero attached hydrogens (tertiary/aromatic N) is 2. The van der Waals surface area contributed by atoms with Gasteiger partial charge in [0.2, 0.25) is 5.76 Å². The first-order valence-electron chi connectivity index (χ1n) is 6.49. The van der Waals surface area contributed by atoms with Gasteiger partial charge in [-0.05, 0) is 32.4 Å². The Hall–Kier alpha value is -1.49. The van der Waals surface area contributed by atoms with Crippen molar-refractivity contribution in [3.63, 3.8) is 0 Å². The van der Waals surface area contributed by atoms with Gasteiger partial charge < -0.3 is 14.4 Å². The quantitative estimate of drug-likeness (QED) is 0.865. The molecule has 0 bridgehead atoms. The van der Waals surface area contributed by atoms with Crippen LogP contribution in [0.4, 0.5) is 5.88 Å². The van der Waals surface area contributed by atoms with Gasteiger partial charge in [-0.2, -0.15) is 0 Å². The average molecular weight is 250 g/mol. The average Bonchev–Trinajstić information content (AvgIpc) is 2.94. The molecule has 0 amide bonds. The standard InChI is InChI=1S/C13H18N2O3/c1-9-7-14-6-2-3-10(14)8-15(9)12-5-4-11(18-12)13(16)17/h4-5,9-10H,2-3,6-8H2,1H3,(H,16,17). The number of fused-ring (bicyclic) bond motifs is 1. The van der Waals surface area contributed by atoms with Crippen LogP contribution in [0.5, 0.6) is 0 Å². The number of carboxylic acid groups (broad SMARTS) is 1. The molecule has 3 rings (SSSR count). The molecule has 2 aliphatic rings. The Labute approximate surface area is 106 Å². The summed E-state index contributed by atoms with van der Waals surface area (Å²) < 4.78 is 5.41. The van der Waals surface area contributed by atoms with E-state index in [9.17, 15) is 4.79 Å². The van der Waals surface area contributed by atoms with Crippen LogP contribution in [-0.4, -0.2) is 47.7 Å². The summed E-state index contributed by atoms with van der Waals surface area (Å²) in [5.74, 6) is -0.300. The number of carbonyl (C=O) groups is 1. The monoisotopic (exact) mass is 250 g/mol. The zero-order valence-corrected chi connectivity index (χ0v) is 10.5. The highest BCUT2D eigenvalue weighted by Crippen LogP contribution is 2.29. The number of hydrogen-bond acceptors (Lipinski definition) is 4. The van der Waals surface area contributed by atoms with Crippen LogP contribution >= 0.6 is 0 Å². The largest absolute Gasteiger partial charge is 0.475 e. The number of aromatic carboxylic acids is 1. The van der Waals surface area contributed by atoms with E-state index in [-0.39, 0.29) is 5.76 Å². The Morgan fingerprint density at radius 3 is 3.00 bits per heavy atom. The smallest absolute Gasteiger partial charge is 0.371 e. The molecule has 0 aromatic carbocycles. The third-order valence-corrected chi connectivity index (χ3v) is 4.02. The molecule has 2 fully saturated rings. The van der Waals surface area contributed by atoms with Crippen LogP contribution in [0.25, 0.3) is 0 Å². The van der Waals surface area contributed by atoms with Gasteiger partial charge in [-0.15, -0.1) is 0 Å². The molecule has 2 saturated heterocycles. The number of hydrogen-bond donors (Lipinski definition) is 1. The lowest BCUT2D eigenvalue weighted by Gasteiger charge is -2.42. The molecular weight excluding hydrogens is 232 g/mol. The SMILES string of the molecule is CC1CN2CCCC2CN1c1ccc(C(=O)O)o1. The second-order valence-electron chi connectivity index (χ2n) is 5.24. The molecular formula is C13H18N2O3. The van der Waals surface area contributed by atoms with E-state index in [1.54, 1.807) is 6.07 Å². The third-order valence-electron chi connectivity index (χ3n) is 4.02. The number of furan rings is 1. The molecule has 18 heavy (non-hydrogen) atoms. The summed E-state index contributed by atoms with van der Waals surface area (Å²) in [4.78, 5) is 15.6. The second-order valence-corrected chi connectivity index (χ2v) is 5.24. The fourth-order valence-corrected chi connectivity index (χ4v) is 3.09. The molecule has 0 aliphatic carbocycles. The first-order chi connectivity index (χ1) is 8.65. The molecule has 5 nitrogen and oxygen atoms in total. The lowest BCUT2D eigenvalue weighted by molar-refractivity contribution is 0.0662. The normalized spacial score (nSPS) is 28.4. The fraction of sp³-hybridized carbons (Fsp3) is 0.615. The Morgan fingerprint density at radius 1 is 1.44 bits per heavy atom. The van der Waals surface area contributed by atoms with Crippen LogP contribution < -0.4 is 4.90 Å². The van der Waals surface area contributed by atoms with Gasteiger partial charge in [-0.1, -0.05) is 0 Å². The highest BCUT2D eigenvalue weighted by atomic mass is 16.4. The summed E-state index contributed by atoms with van der Waals surface area (Å²) in [6.45, 7) is 5.33. The number of rotatable bonds is 2. The van der Waals surface area contributed by atoms with Crippen LogP contribution in [0.3, 0.4) is 0 Å². The van der Waals surface area contributed by atoms with E-state index in [2.05, 4.69) is 16.7 Å². The summed E-state index contributed by atoms with van der Waals surface area (Å²) in [6, 6.07) is 4.27. The van der Waals surface area contributed by atoms with Crippen LogP contribution in [0.15, 0.2) is 16.5 Å². The van der Waals surface area contributed by atoms with Crippen molar-refractivity contribution in [2.24, 2.45) is 0 Å². The van der Waals surface area contributed by atoms with Gasteiger partial charge in [0.15, 0.2) is 5.88 Å². The Balaban J connectivity index is 1.80. The first kappa shape index (κ1) is 11.6. The molecule has 2 atom stereocenters. The van der Waals surface area contributed by atoms with E-state index in [1.807, 2.05) is 0 Å². The molecule has 1 N–H and O–H groups in total. The van der Waals surface area contributed by atoms with E-state index >= 15 is 0 Å². The van der Waals surface area contributed by atoms with Gasteiger partial charge in [0.25, 0.3) is 0 Å². The zero-order valence-electron chi connectivity index (χ0n) is 10.5. The summed E-state index contributed by atoms with van der Waals surface area (Å²) >= 11 is 0. The molecule has 1 aromatic heterocycles. The Bertz CT molecular complexity index is 457. The summed E-state index contributed by atoms with van der Waals surface area (Å²) in [5.41, 5.74) is 0. The lowest BCUT2D eigenvalue weighted by Crippen LogP contribution is -2.55. The number of carboxylic acids is 1. The summed E-state index contributed by atoms with van der Waals surface area (Å²) in [7, 11) is 0. The van der Waals surface area contributed by atoms with Crippen LogP contribution in [0, 0.1) is 0 Å². The molecule has 0 spiro atoms. The van der Waals surface area contributed by atoms with Crippen molar-refractivity contribution >= 4 is 11.9 Å². The fourth-order valence-electron chi connectivity index (χ4n) is 3.09. The van der Waals surface area contributed by atoms with Gasteiger partial charge in [-0.3, -0.25) is 4.90 Å². The van der Waals surface area contributed by atoms with Crippen molar-refractivity contribution in [3.05, 3.63) is 17.9 Å². The molecule has 2 unspecified atom stereocenters. The molecule has 98 valence electrons. The summed E-state index contributed by atoms with van der Waals surface area (Å²) in [6.07, 6.45) is 2.50. The summed E-state index contributed by atoms with van der Waals surface area (Å²) in [5, 5.41) is 8.89. The van der Waals surface area contributed by atoms with Gasteiger partial charge in [-0.25, -0.2) is 4.79 Å². The van der Waals surface area contributed by atoms with Gasteiger partial charge in [0, 0.05) is 31.2 Å². The molecule has 1 aromatic rings. The van der Waals surface area contributed by atoms with Crippen molar-refractivity contribution in [2.45, 2.75) is 31.8 Å². The maximum absolute atomic E-state index is 10.8. The highest BCUT2D eigenvalue weighted by Gasteiger charge is 2.35. The zero-order chi connectivity index (χ0) is 12.7. The predicted molar refractivity (Wildman–Crippen MR) is 67.1 cm³/mol. The molecule has 0 radical (unpaired) electrons. The van der Waals surface area contributed by atoms with E-state index in [1.165, 1.54) is 25.5 Å². The van der Waals surface area contributed by atoms with Crippen LogP contribution in [0.1, 0.15) is 30.3 Å². The second kappa shape index (κ2) is 4.31. The van der Waals surface area contributed by atoms with Crippen LogP contribution in [-0.2, 0) is 0 Å². The minimum Gasteiger partial charge on any atom is -0.475 e. The van der Waals surface area contributed by atoms with Crippen molar-refractivity contribution in [2.75, 3.05) is 24.5 Å². The molecule has 5 heteroatoms. The van der Waals surface area contributed by atoms with Crippen molar-refractivity contribution in [1.82, 2.24) is 4.90 Å². The van der Waals surface area contributed by atoms with Crippen molar-refractivity contribution in [1.29, 1.82) is 0 Å². The number of anilines is 1. The Morgan fingerprint density at radius 2 is 2.28 bits per heavy atom. The maximum Gasteiger partial charge on any atom is 0.371 e. The predicted octanol–water partition coefficient (Wildman–Crippen LogP) is 1.65. The topological polar surface area (TPSA) is 56.9 Å². The van der Waals surface area contributed by atoms with Gasteiger partial charge in [0.1, 0.15) is 0 Å². The minimum atomic E-state index is -1.01. The Kier molecular flexibility index (Phi) is 2.78. The van der Waals surface area contributed by atoms with E-state index in [0.29, 0.717) is 18.0 Å². The van der Waals surface area contributed by atoms with Gasteiger partial charge in [0.05, 0.1) is 0 Å².